The number of ether oxygens (including phenoxy) is 1. The van der Waals surface area contributed by atoms with Gasteiger partial charge in [-0.15, -0.1) is 0 Å². The summed E-state index contributed by atoms with van der Waals surface area (Å²) in [4.78, 5) is 20.7. The third-order valence-corrected chi connectivity index (χ3v) is 3.19. The van der Waals surface area contributed by atoms with Crippen molar-refractivity contribution < 1.29 is 14.5 Å². The molecule has 3 N–H and O–H groups in total. The van der Waals surface area contributed by atoms with E-state index in [2.05, 4.69) is 5.32 Å². The second-order valence-corrected chi connectivity index (χ2v) is 4.90. The quantitative estimate of drug-likeness (QED) is 0.604. The van der Waals surface area contributed by atoms with Crippen LogP contribution in [0, 0.1) is 10.1 Å². The first kappa shape index (κ1) is 16.3. The number of non-ortho nitro benzene ring substituents is 1. The molecule has 2 amide bonds. The number of hydrogen-bond acceptors (Lipinski definition) is 4. The number of nitrogens with zero attached hydrogens (tertiary/aromatic N) is 1. The minimum atomic E-state index is -0.534. The van der Waals surface area contributed by atoms with Crippen LogP contribution in [0.2, 0.25) is 0 Å². The molecule has 0 saturated heterocycles. The Bertz CT molecular complexity index is 669. The van der Waals surface area contributed by atoms with Crippen LogP contribution in [-0.4, -0.2) is 17.5 Å². The molecule has 0 saturated carbocycles. The number of hydrogen-bond donors (Lipinski definition) is 2. The zero-order valence-electron chi connectivity index (χ0n) is 12.4. The lowest BCUT2D eigenvalue weighted by Crippen LogP contribution is -2.30. The van der Waals surface area contributed by atoms with Gasteiger partial charge in [-0.05, 0) is 41.8 Å². The van der Waals surface area contributed by atoms with Gasteiger partial charge < -0.3 is 15.8 Å². The molecule has 0 radical (unpaired) electrons. The molecule has 2 aromatic rings. The number of carbonyl (C=O) groups is 1. The predicted octanol–water partition coefficient (Wildman–Crippen LogP) is 2.38. The van der Waals surface area contributed by atoms with Crippen LogP contribution in [0.15, 0.2) is 48.5 Å². The Morgan fingerprint density at radius 2 is 1.70 bits per heavy atom. The van der Waals surface area contributed by atoms with Crippen molar-refractivity contribution in [2.75, 3.05) is 6.54 Å². The summed E-state index contributed by atoms with van der Waals surface area (Å²) in [5, 5.41) is 13.1. The van der Waals surface area contributed by atoms with Gasteiger partial charge in [0, 0.05) is 18.7 Å². The summed E-state index contributed by atoms with van der Waals surface area (Å²) in [5.74, 6) is 0.704. The molecule has 120 valence electrons. The fourth-order valence-corrected chi connectivity index (χ4v) is 1.96. The lowest BCUT2D eigenvalue weighted by molar-refractivity contribution is -0.384. The van der Waals surface area contributed by atoms with Crippen LogP contribution >= 0.6 is 0 Å². The van der Waals surface area contributed by atoms with Gasteiger partial charge in [-0.1, -0.05) is 12.1 Å². The van der Waals surface area contributed by atoms with Crippen molar-refractivity contribution in [2.45, 2.75) is 13.0 Å². The van der Waals surface area contributed by atoms with Gasteiger partial charge in [-0.2, -0.15) is 0 Å². The molecule has 0 aliphatic heterocycles. The number of carbonyl (C=O) groups excluding carboxylic acids is 1. The first-order valence-electron chi connectivity index (χ1n) is 7.03. The SMILES string of the molecule is NC(=O)NCCc1ccc(OCc2ccc([N+](=O)[O-])cc2)cc1. The highest BCUT2D eigenvalue weighted by molar-refractivity contribution is 5.71. The smallest absolute Gasteiger partial charge is 0.312 e. The molecular weight excluding hydrogens is 298 g/mol. The van der Waals surface area contributed by atoms with E-state index in [9.17, 15) is 14.9 Å². The van der Waals surface area contributed by atoms with E-state index < -0.39 is 11.0 Å². The van der Waals surface area contributed by atoms with Gasteiger partial charge in [0.05, 0.1) is 4.92 Å². The lowest BCUT2D eigenvalue weighted by Gasteiger charge is -2.07. The standard InChI is InChI=1S/C16H17N3O4/c17-16(20)18-10-9-12-3-7-15(8-4-12)23-11-13-1-5-14(6-2-13)19(21)22/h1-8H,9-11H2,(H3,17,18,20). The maximum absolute atomic E-state index is 10.6. The molecule has 23 heavy (non-hydrogen) atoms. The first-order valence-corrected chi connectivity index (χ1v) is 7.03. The van der Waals surface area contributed by atoms with E-state index >= 15 is 0 Å². The van der Waals surface area contributed by atoms with Gasteiger partial charge in [-0.3, -0.25) is 10.1 Å². The number of primary amides is 1. The molecule has 7 nitrogen and oxygen atoms in total. The van der Waals surface area contributed by atoms with Crippen molar-refractivity contribution in [1.82, 2.24) is 5.32 Å². The van der Waals surface area contributed by atoms with Gasteiger partial charge in [-0.25, -0.2) is 4.79 Å². The van der Waals surface area contributed by atoms with Crippen LogP contribution in [0.5, 0.6) is 5.75 Å². The van der Waals surface area contributed by atoms with Gasteiger partial charge in [0.1, 0.15) is 12.4 Å². The molecule has 0 aliphatic rings. The van der Waals surface area contributed by atoms with Crippen LogP contribution in [0.25, 0.3) is 0 Å². The Morgan fingerprint density at radius 3 is 2.26 bits per heavy atom. The number of nitrogens with one attached hydrogen (secondary N) is 1. The fourth-order valence-electron chi connectivity index (χ4n) is 1.96. The van der Waals surface area contributed by atoms with Crippen molar-refractivity contribution in [3.63, 3.8) is 0 Å². The third-order valence-electron chi connectivity index (χ3n) is 3.19. The summed E-state index contributed by atoms with van der Waals surface area (Å²) in [6.07, 6.45) is 0.686. The topological polar surface area (TPSA) is 107 Å². The highest BCUT2D eigenvalue weighted by Gasteiger charge is 2.04. The second-order valence-electron chi connectivity index (χ2n) is 4.90. The number of benzene rings is 2. The van der Waals surface area contributed by atoms with Gasteiger partial charge in [0.25, 0.3) is 5.69 Å². The van der Waals surface area contributed by atoms with Crippen LogP contribution in [0.3, 0.4) is 0 Å². The maximum atomic E-state index is 10.6. The van der Waals surface area contributed by atoms with E-state index in [1.165, 1.54) is 12.1 Å². The average molecular weight is 315 g/mol. The number of urea groups is 1. The van der Waals surface area contributed by atoms with Crippen molar-refractivity contribution in [3.05, 3.63) is 69.8 Å². The van der Waals surface area contributed by atoms with E-state index in [1.807, 2.05) is 24.3 Å². The number of nitro groups is 1. The maximum Gasteiger partial charge on any atom is 0.312 e. The Hall–Kier alpha value is -3.09. The predicted molar refractivity (Wildman–Crippen MR) is 85.2 cm³/mol. The molecule has 2 rings (SSSR count). The highest BCUT2D eigenvalue weighted by atomic mass is 16.6. The minimum absolute atomic E-state index is 0.0580. The van der Waals surface area contributed by atoms with Crippen LogP contribution in [-0.2, 0) is 13.0 Å². The molecule has 0 atom stereocenters. The van der Waals surface area contributed by atoms with Crippen LogP contribution < -0.4 is 15.8 Å². The fraction of sp³-hybridized carbons (Fsp3) is 0.188. The van der Waals surface area contributed by atoms with E-state index in [0.717, 1.165) is 11.1 Å². The van der Waals surface area contributed by atoms with E-state index in [0.29, 0.717) is 25.3 Å². The first-order chi connectivity index (χ1) is 11.0. The normalized spacial score (nSPS) is 10.1. The van der Waals surface area contributed by atoms with E-state index in [-0.39, 0.29) is 5.69 Å². The van der Waals surface area contributed by atoms with Gasteiger partial charge in [0.2, 0.25) is 0 Å². The molecule has 0 spiro atoms. The van der Waals surface area contributed by atoms with Crippen LogP contribution in [0.1, 0.15) is 11.1 Å². The summed E-state index contributed by atoms with van der Waals surface area (Å²) >= 11 is 0. The Kier molecular flexibility index (Phi) is 5.51. The molecule has 0 unspecified atom stereocenters. The largest absolute Gasteiger partial charge is 0.489 e. The molecule has 0 fully saturated rings. The Labute approximate surface area is 133 Å². The second kappa shape index (κ2) is 7.79. The molecular formula is C16H17N3O4. The zero-order chi connectivity index (χ0) is 16.7. The van der Waals surface area contributed by atoms with Crippen molar-refractivity contribution in [1.29, 1.82) is 0 Å². The number of nitrogens with two attached hydrogens (primary N) is 1. The van der Waals surface area contributed by atoms with E-state index in [1.54, 1.807) is 12.1 Å². The van der Waals surface area contributed by atoms with E-state index in [4.69, 9.17) is 10.5 Å². The van der Waals surface area contributed by atoms with Gasteiger partial charge >= 0.3 is 6.03 Å². The summed E-state index contributed by atoms with van der Waals surface area (Å²) in [6, 6.07) is 13.2. The highest BCUT2D eigenvalue weighted by Crippen LogP contribution is 2.16. The lowest BCUT2D eigenvalue weighted by atomic mass is 10.1. The number of nitro benzene ring substituents is 1. The average Bonchev–Trinajstić information content (AvgIpc) is 2.54. The minimum Gasteiger partial charge on any atom is -0.489 e. The Balaban J connectivity index is 1.83. The van der Waals surface area contributed by atoms with Crippen molar-refractivity contribution in [2.24, 2.45) is 5.73 Å². The van der Waals surface area contributed by atoms with Crippen LogP contribution in [0.4, 0.5) is 10.5 Å². The van der Waals surface area contributed by atoms with Crippen molar-refractivity contribution >= 4 is 11.7 Å². The zero-order valence-corrected chi connectivity index (χ0v) is 12.4. The molecule has 0 aliphatic carbocycles. The molecule has 2 aromatic carbocycles. The molecule has 0 bridgehead atoms. The van der Waals surface area contributed by atoms with Gasteiger partial charge in [0.15, 0.2) is 0 Å². The number of rotatable bonds is 7. The third kappa shape index (κ3) is 5.31. The summed E-state index contributed by atoms with van der Waals surface area (Å²) in [5.41, 5.74) is 6.96. The summed E-state index contributed by atoms with van der Waals surface area (Å²) in [6.45, 7) is 0.818. The summed E-state index contributed by atoms with van der Waals surface area (Å²) < 4.78 is 5.63. The van der Waals surface area contributed by atoms with Crippen molar-refractivity contribution in [3.8, 4) is 5.75 Å². The molecule has 7 heteroatoms. The molecule has 0 heterocycles. The Morgan fingerprint density at radius 1 is 1.09 bits per heavy atom. The molecule has 0 aromatic heterocycles. The monoisotopic (exact) mass is 315 g/mol. The number of amides is 2. The summed E-state index contributed by atoms with van der Waals surface area (Å²) in [7, 11) is 0.